The molecule has 2 aromatic heterocycles. The Morgan fingerprint density at radius 2 is 1.97 bits per heavy atom. The number of likely N-dealkylation sites (tertiary alicyclic amines) is 1. The standard InChI is InChI=1S/C29H42ClN6OP/c1-5-23(8-7-22(4)30)27(29(37)38)33-12-9-25(10-13-33)36-16-15-34(19-24(36)6-2)28-21(3)17-26(18-32-28)35-14-11-31-20-35/h7-8,11,14,17-18,20,24-25,27H,5-6,9-10,12-13,15-16,19,38H2,1-4H3/b22-7+,23-8+. The van der Waals surface area contributed by atoms with E-state index in [-0.39, 0.29) is 11.6 Å². The summed E-state index contributed by atoms with van der Waals surface area (Å²) < 4.78 is 1.99. The lowest BCUT2D eigenvalue weighted by molar-refractivity contribution is -0.115. The van der Waals surface area contributed by atoms with Crippen molar-refractivity contribution in [1.82, 2.24) is 24.3 Å². The van der Waals surface area contributed by atoms with Gasteiger partial charge in [-0.15, -0.1) is 0 Å². The molecule has 3 unspecified atom stereocenters. The second kappa shape index (κ2) is 13.3. The van der Waals surface area contributed by atoms with Crippen molar-refractivity contribution in [2.24, 2.45) is 0 Å². The van der Waals surface area contributed by atoms with E-state index in [0.717, 1.165) is 80.5 Å². The van der Waals surface area contributed by atoms with Gasteiger partial charge in [0.1, 0.15) is 5.82 Å². The number of aromatic nitrogens is 3. The quantitative estimate of drug-likeness (QED) is 0.313. The molecule has 38 heavy (non-hydrogen) atoms. The number of piperidine rings is 1. The molecular formula is C29H42ClN6OP. The number of rotatable bonds is 9. The summed E-state index contributed by atoms with van der Waals surface area (Å²) in [5, 5.41) is 0.730. The van der Waals surface area contributed by atoms with Crippen molar-refractivity contribution in [3.8, 4) is 5.69 Å². The molecule has 0 amide bonds. The van der Waals surface area contributed by atoms with Gasteiger partial charge in [-0.2, -0.15) is 0 Å². The van der Waals surface area contributed by atoms with Crippen LogP contribution >= 0.6 is 20.8 Å². The van der Waals surface area contributed by atoms with E-state index >= 15 is 0 Å². The predicted molar refractivity (Wildman–Crippen MR) is 160 cm³/mol. The lowest BCUT2D eigenvalue weighted by Gasteiger charge is -2.48. The first-order valence-corrected chi connectivity index (χ1v) is 14.8. The maximum Gasteiger partial charge on any atom is 0.169 e. The molecule has 0 spiro atoms. The van der Waals surface area contributed by atoms with Gasteiger partial charge in [0.2, 0.25) is 0 Å². The first-order chi connectivity index (χ1) is 18.3. The Labute approximate surface area is 235 Å². The van der Waals surface area contributed by atoms with Gasteiger partial charge in [0.25, 0.3) is 0 Å². The van der Waals surface area contributed by atoms with E-state index in [4.69, 9.17) is 16.6 Å². The smallest absolute Gasteiger partial charge is 0.169 e. The minimum absolute atomic E-state index is 0.138. The summed E-state index contributed by atoms with van der Waals surface area (Å²) >= 11 is 6.06. The van der Waals surface area contributed by atoms with Crippen LogP contribution in [0, 0.1) is 6.92 Å². The first-order valence-electron chi connectivity index (χ1n) is 13.8. The monoisotopic (exact) mass is 556 g/mol. The number of allylic oxidation sites excluding steroid dienone is 3. The zero-order valence-electron chi connectivity index (χ0n) is 23.2. The lowest BCUT2D eigenvalue weighted by atomic mass is 9.95. The molecule has 0 bridgehead atoms. The largest absolute Gasteiger partial charge is 0.354 e. The topological polar surface area (TPSA) is 57.5 Å². The Hall–Kier alpha value is -2.05. The Morgan fingerprint density at radius 3 is 2.55 bits per heavy atom. The molecule has 7 nitrogen and oxygen atoms in total. The number of hydrogen-bond donors (Lipinski definition) is 0. The molecule has 0 saturated carbocycles. The van der Waals surface area contributed by atoms with E-state index in [0.29, 0.717) is 12.1 Å². The Balaban J connectivity index is 1.40. The molecule has 2 aromatic rings. The van der Waals surface area contributed by atoms with Gasteiger partial charge in [0, 0.05) is 62.2 Å². The molecule has 0 N–H and O–H groups in total. The van der Waals surface area contributed by atoms with Crippen LogP contribution in [-0.4, -0.2) is 80.7 Å². The summed E-state index contributed by atoms with van der Waals surface area (Å²) in [5.41, 5.74) is 3.50. The third kappa shape index (κ3) is 6.74. The number of anilines is 1. The summed E-state index contributed by atoms with van der Waals surface area (Å²) in [4.78, 5) is 29.2. The van der Waals surface area contributed by atoms with Crippen LogP contribution in [0.5, 0.6) is 0 Å². The number of hydrogen-bond acceptors (Lipinski definition) is 6. The fraction of sp³-hybridized carbons (Fsp3) is 0.552. The Morgan fingerprint density at radius 1 is 1.21 bits per heavy atom. The van der Waals surface area contributed by atoms with E-state index in [1.165, 1.54) is 5.56 Å². The highest BCUT2D eigenvalue weighted by atomic mass is 35.5. The zero-order valence-corrected chi connectivity index (χ0v) is 25.1. The highest BCUT2D eigenvalue weighted by Gasteiger charge is 2.36. The molecule has 4 heterocycles. The van der Waals surface area contributed by atoms with Crippen molar-refractivity contribution in [3.63, 3.8) is 0 Å². The third-order valence-corrected chi connectivity index (χ3v) is 8.47. The number of carbonyl (C=O) groups excluding carboxylic acids is 1. The van der Waals surface area contributed by atoms with Gasteiger partial charge in [-0.25, -0.2) is 9.97 Å². The van der Waals surface area contributed by atoms with Gasteiger partial charge in [-0.3, -0.25) is 14.6 Å². The van der Waals surface area contributed by atoms with Crippen molar-refractivity contribution in [2.75, 3.05) is 37.6 Å². The lowest BCUT2D eigenvalue weighted by Crippen LogP contribution is -2.59. The average Bonchev–Trinajstić information content (AvgIpc) is 3.46. The van der Waals surface area contributed by atoms with Crippen molar-refractivity contribution in [3.05, 3.63) is 59.3 Å². The molecule has 2 saturated heterocycles. The summed E-state index contributed by atoms with van der Waals surface area (Å²) in [6, 6.07) is 3.06. The van der Waals surface area contributed by atoms with E-state index < -0.39 is 0 Å². The van der Waals surface area contributed by atoms with Crippen molar-refractivity contribution in [2.45, 2.75) is 71.5 Å². The number of aryl methyl sites for hydroxylation is 1. The molecule has 0 aromatic carbocycles. The van der Waals surface area contributed by atoms with Gasteiger partial charge in [0.05, 0.1) is 24.3 Å². The fourth-order valence-electron chi connectivity index (χ4n) is 6.04. The van der Waals surface area contributed by atoms with Crippen LogP contribution in [0.4, 0.5) is 5.82 Å². The summed E-state index contributed by atoms with van der Waals surface area (Å²) in [6.07, 6.45) is 15.5. The number of pyridine rings is 1. The van der Waals surface area contributed by atoms with Crippen molar-refractivity contribution in [1.29, 1.82) is 0 Å². The maximum absolute atomic E-state index is 12.7. The predicted octanol–water partition coefficient (Wildman–Crippen LogP) is 5.19. The number of halogens is 1. The van der Waals surface area contributed by atoms with Crippen LogP contribution in [0.2, 0.25) is 0 Å². The maximum atomic E-state index is 12.7. The van der Waals surface area contributed by atoms with Gasteiger partial charge in [0.15, 0.2) is 5.52 Å². The summed E-state index contributed by atoms with van der Waals surface area (Å²) in [6.45, 7) is 13.3. The van der Waals surface area contributed by atoms with E-state index in [1.807, 2.05) is 42.4 Å². The van der Waals surface area contributed by atoms with Crippen LogP contribution in [0.1, 0.15) is 52.0 Å². The summed E-state index contributed by atoms with van der Waals surface area (Å²) in [7, 11) is 2.42. The molecule has 9 heteroatoms. The average molecular weight is 557 g/mol. The highest BCUT2D eigenvalue weighted by molar-refractivity contribution is 7.40. The van der Waals surface area contributed by atoms with E-state index in [1.54, 1.807) is 6.20 Å². The van der Waals surface area contributed by atoms with Gasteiger partial charge in [-0.05, 0) is 62.8 Å². The second-order valence-electron chi connectivity index (χ2n) is 10.5. The molecular weight excluding hydrogens is 515 g/mol. The SMILES string of the molecule is CC/C(=C\C=C(/C)Cl)C(C(=O)P)N1CCC(N2CCN(c3ncc(-n4ccnc4)cc3C)CC2CC)CC1. The molecule has 0 radical (unpaired) electrons. The van der Waals surface area contributed by atoms with Crippen LogP contribution in [-0.2, 0) is 4.79 Å². The zero-order chi connectivity index (χ0) is 27.2. The van der Waals surface area contributed by atoms with E-state index in [2.05, 4.69) is 55.8 Å². The molecule has 3 atom stereocenters. The number of carbonyl (C=O) groups is 1. The molecule has 206 valence electrons. The van der Waals surface area contributed by atoms with Crippen LogP contribution < -0.4 is 4.90 Å². The normalized spacial score (nSPS) is 21.6. The Kier molecular flexibility index (Phi) is 10.2. The number of imidazole rings is 1. The number of piperazine rings is 1. The fourth-order valence-corrected chi connectivity index (χ4v) is 6.53. The molecule has 0 aliphatic carbocycles. The van der Waals surface area contributed by atoms with Crippen LogP contribution in [0.15, 0.2) is 53.7 Å². The first kappa shape index (κ1) is 28.9. The minimum atomic E-state index is -0.184. The second-order valence-corrected chi connectivity index (χ2v) is 11.6. The molecule has 2 aliphatic rings. The summed E-state index contributed by atoms with van der Waals surface area (Å²) in [5.74, 6) is 1.09. The third-order valence-electron chi connectivity index (χ3n) is 8.03. The van der Waals surface area contributed by atoms with Crippen LogP contribution in [0.3, 0.4) is 0 Å². The number of nitrogens with zero attached hydrogens (tertiary/aromatic N) is 6. The van der Waals surface area contributed by atoms with Gasteiger partial charge < -0.3 is 9.47 Å². The molecule has 4 rings (SSSR count). The van der Waals surface area contributed by atoms with E-state index in [9.17, 15) is 4.79 Å². The molecule has 2 fully saturated rings. The van der Waals surface area contributed by atoms with Gasteiger partial charge in [-0.1, -0.05) is 40.8 Å². The highest BCUT2D eigenvalue weighted by Crippen LogP contribution is 2.29. The van der Waals surface area contributed by atoms with Crippen molar-refractivity contribution < 1.29 is 4.79 Å². The van der Waals surface area contributed by atoms with Crippen molar-refractivity contribution >= 4 is 32.2 Å². The Bertz CT molecular complexity index is 1140. The van der Waals surface area contributed by atoms with Crippen LogP contribution in [0.25, 0.3) is 5.69 Å². The van der Waals surface area contributed by atoms with Gasteiger partial charge >= 0.3 is 0 Å². The molecule has 2 aliphatic heterocycles. The minimum Gasteiger partial charge on any atom is -0.354 e.